The SMILES string of the molecule is Cc1noc(C(C)C)c1C(=O)O[C@@H](C)C(=O)NCc1ccc(F)cc1. The first-order valence-electron chi connectivity index (χ1n) is 7.99. The van der Waals surface area contributed by atoms with E-state index in [0.29, 0.717) is 11.5 Å². The number of benzene rings is 1. The maximum absolute atomic E-state index is 12.9. The second kappa shape index (κ2) is 7.92. The maximum atomic E-state index is 12.9. The summed E-state index contributed by atoms with van der Waals surface area (Å²) in [7, 11) is 0. The first-order chi connectivity index (χ1) is 11.8. The second-order valence-electron chi connectivity index (χ2n) is 6.05. The van der Waals surface area contributed by atoms with Crippen molar-refractivity contribution in [2.75, 3.05) is 0 Å². The number of amides is 1. The molecular formula is C18H21FN2O4. The van der Waals surface area contributed by atoms with Crippen molar-refractivity contribution in [3.05, 3.63) is 52.7 Å². The van der Waals surface area contributed by atoms with Crippen LogP contribution in [0.4, 0.5) is 4.39 Å². The monoisotopic (exact) mass is 348 g/mol. The van der Waals surface area contributed by atoms with Crippen molar-refractivity contribution < 1.29 is 23.2 Å². The fourth-order valence-corrected chi connectivity index (χ4v) is 2.24. The lowest BCUT2D eigenvalue weighted by Crippen LogP contribution is -2.35. The van der Waals surface area contributed by atoms with Gasteiger partial charge in [0.1, 0.15) is 11.4 Å². The van der Waals surface area contributed by atoms with Crippen LogP contribution in [-0.4, -0.2) is 23.1 Å². The van der Waals surface area contributed by atoms with E-state index in [0.717, 1.165) is 5.56 Å². The topological polar surface area (TPSA) is 81.4 Å². The fraction of sp³-hybridized carbons (Fsp3) is 0.389. The first-order valence-corrected chi connectivity index (χ1v) is 7.99. The fourth-order valence-electron chi connectivity index (χ4n) is 2.24. The summed E-state index contributed by atoms with van der Waals surface area (Å²) in [4.78, 5) is 24.4. The molecule has 6 nitrogen and oxygen atoms in total. The summed E-state index contributed by atoms with van der Waals surface area (Å²) >= 11 is 0. The van der Waals surface area contributed by atoms with Crippen LogP contribution in [0, 0.1) is 12.7 Å². The number of ether oxygens (including phenoxy) is 1. The number of hydrogen-bond acceptors (Lipinski definition) is 5. The molecule has 0 aliphatic carbocycles. The van der Waals surface area contributed by atoms with E-state index in [9.17, 15) is 14.0 Å². The van der Waals surface area contributed by atoms with Crippen LogP contribution in [0.1, 0.15) is 54.1 Å². The number of nitrogens with one attached hydrogen (secondary N) is 1. The molecule has 0 radical (unpaired) electrons. The molecule has 25 heavy (non-hydrogen) atoms. The van der Waals surface area contributed by atoms with Gasteiger partial charge in [0, 0.05) is 12.5 Å². The largest absolute Gasteiger partial charge is 0.449 e. The molecule has 0 bridgehead atoms. The van der Waals surface area contributed by atoms with Crippen LogP contribution >= 0.6 is 0 Å². The van der Waals surface area contributed by atoms with Gasteiger partial charge < -0.3 is 14.6 Å². The summed E-state index contributed by atoms with van der Waals surface area (Å²) in [6.45, 7) is 7.08. The molecule has 2 rings (SSSR count). The molecule has 7 heteroatoms. The minimum atomic E-state index is -0.984. The number of carbonyl (C=O) groups excluding carboxylic acids is 2. The van der Waals surface area contributed by atoms with Crippen molar-refractivity contribution >= 4 is 11.9 Å². The highest BCUT2D eigenvalue weighted by molar-refractivity contribution is 5.94. The third-order valence-electron chi connectivity index (χ3n) is 3.65. The normalized spacial score (nSPS) is 12.1. The van der Waals surface area contributed by atoms with Crippen molar-refractivity contribution in [2.24, 2.45) is 0 Å². The Labute approximate surface area is 145 Å². The molecule has 0 fully saturated rings. The molecule has 1 aromatic heterocycles. The standard InChI is InChI=1S/C18H21FN2O4/c1-10(2)16-15(11(3)21-25-16)18(23)24-12(4)17(22)20-9-13-5-7-14(19)8-6-13/h5-8,10,12H,9H2,1-4H3,(H,20,22)/t12-/m0/s1. The lowest BCUT2D eigenvalue weighted by atomic mass is 10.1. The van der Waals surface area contributed by atoms with E-state index < -0.39 is 18.0 Å². The van der Waals surface area contributed by atoms with E-state index >= 15 is 0 Å². The summed E-state index contributed by atoms with van der Waals surface area (Å²) in [6.07, 6.45) is -0.984. The van der Waals surface area contributed by atoms with Crippen molar-refractivity contribution in [3.63, 3.8) is 0 Å². The third kappa shape index (κ3) is 4.65. The van der Waals surface area contributed by atoms with Crippen molar-refractivity contribution in [3.8, 4) is 0 Å². The van der Waals surface area contributed by atoms with E-state index in [1.807, 2.05) is 13.8 Å². The van der Waals surface area contributed by atoms with Crippen LogP contribution in [-0.2, 0) is 16.1 Å². The number of aryl methyl sites for hydroxylation is 1. The van der Waals surface area contributed by atoms with E-state index in [-0.39, 0.29) is 23.8 Å². The molecule has 1 heterocycles. The van der Waals surface area contributed by atoms with Crippen molar-refractivity contribution in [1.82, 2.24) is 10.5 Å². The number of nitrogens with zero attached hydrogens (tertiary/aromatic N) is 1. The minimum Gasteiger partial charge on any atom is -0.449 e. The number of hydrogen-bond donors (Lipinski definition) is 1. The summed E-state index contributed by atoms with van der Waals surface area (Å²) in [5.41, 5.74) is 1.42. The van der Waals surface area contributed by atoms with Gasteiger partial charge in [0.2, 0.25) is 0 Å². The van der Waals surface area contributed by atoms with Gasteiger partial charge in [0.15, 0.2) is 11.9 Å². The van der Waals surface area contributed by atoms with Gasteiger partial charge in [-0.05, 0) is 31.5 Å². The summed E-state index contributed by atoms with van der Waals surface area (Å²) in [5, 5.41) is 6.43. The second-order valence-corrected chi connectivity index (χ2v) is 6.05. The predicted molar refractivity (Wildman–Crippen MR) is 88.5 cm³/mol. The van der Waals surface area contributed by atoms with Gasteiger partial charge in [-0.15, -0.1) is 0 Å². The van der Waals surface area contributed by atoms with Gasteiger partial charge in [-0.1, -0.05) is 31.1 Å². The van der Waals surface area contributed by atoms with Crippen molar-refractivity contribution in [2.45, 2.75) is 46.3 Å². The van der Waals surface area contributed by atoms with E-state index in [2.05, 4.69) is 10.5 Å². The highest BCUT2D eigenvalue weighted by Gasteiger charge is 2.27. The molecule has 1 amide bonds. The number of halogens is 1. The molecule has 0 spiro atoms. The number of esters is 1. The number of rotatable bonds is 6. The molecule has 0 aliphatic heterocycles. The zero-order valence-electron chi connectivity index (χ0n) is 14.6. The molecule has 0 unspecified atom stereocenters. The molecule has 1 aromatic carbocycles. The Hall–Kier alpha value is -2.70. The zero-order chi connectivity index (χ0) is 18.6. The Morgan fingerprint density at radius 1 is 1.24 bits per heavy atom. The van der Waals surface area contributed by atoms with Gasteiger partial charge in [-0.25, -0.2) is 9.18 Å². The molecule has 2 aromatic rings. The van der Waals surface area contributed by atoms with Gasteiger partial charge in [0.05, 0.1) is 5.69 Å². The molecule has 0 saturated carbocycles. The van der Waals surface area contributed by atoms with E-state index in [4.69, 9.17) is 9.26 Å². The average molecular weight is 348 g/mol. The highest BCUT2D eigenvalue weighted by Crippen LogP contribution is 2.23. The first kappa shape index (κ1) is 18.6. The highest BCUT2D eigenvalue weighted by atomic mass is 19.1. The van der Waals surface area contributed by atoms with Crippen LogP contribution in [0.3, 0.4) is 0 Å². The number of aromatic nitrogens is 1. The lowest BCUT2D eigenvalue weighted by molar-refractivity contribution is -0.129. The molecule has 0 saturated heterocycles. The van der Waals surface area contributed by atoms with Gasteiger partial charge in [0.25, 0.3) is 5.91 Å². The number of carbonyl (C=O) groups is 2. The molecule has 134 valence electrons. The Morgan fingerprint density at radius 3 is 2.48 bits per heavy atom. The van der Waals surface area contributed by atoms with E-state index in [1.54, 1.807) is 19.1 Å². The average Bonchev–Trinajstić information content (AvgIpc) is 2.96. The molecule has 1 N–H and O–H groups in total. The summed E-state index contributed by atoms with van der Waals surface area (Å²) < 4.78 is 23.2. The van der Waals surface area contributed by atoms with Crippen LogP contribution in [0.25, 0.3) is 0 Å². The summed E-state index contributed by atoms with van der Waals surface area (Å²) in [6, 6.07) is 5.77. The van der Waals surface area contributed by atoms with Gasteiger partial charge in [-0.2, -0.15) is 0 Å². The smallest absolute Gasteiger partial charge is 0.344 e. The minimum absolute atomic E-state index is 0.0358. The van der Waals surface area contributed by atoms with Gasteiger partial charge >= 0.3 is 5.97 Å². The summed E-state index contributed by atoms with van der Waals surface area (Å²) in [5.74, 6) is -1.04. The zero-order valence-corrected chi connectivity index (χ0v) is 14.6. The van der Waals surface area contributed by atoms with E-state index in [1.165, 1.54) is 19.1 Å². The van der Waals surface area contributed by atoms with Crippen molar-refractivity contribution in [1.29, 1.82) is 0 Å². The van der Waals surface area contributed by atoms with Gasteiger partial charge in [-0.3, -0.25) is 4.79 Å². The quantitative estimate of drug-likeness (QED) is 0.811. The van der Waals surface area contributed by atoms with Crippen LogP contribution in [0.15, 0.2) is 28.8 Å². The Bertz CT molecular complexity index is 753. The van der Waals surface area contributed by atoms with Crippen LogP contribution < -0.4 is 5.32 Å². The lowest BCUT2D eigenvalue weighted by Gasteiger charge is -2.14. The Balaban J connectivity index is 1.95. The molecule has 1 atom stereocenters. The third-order valence-corrected chi connectivity index (χ3v) is 3.65. The molecule has 0 aliphatic rings. The maximum Gasteiger partial charge on any atom is 0.344 e. The Morgan fingerprint density at radius 2 is 1.88 bits per heavy atom. The Kier molecular flexibility index (Phi) is 5.90. The van der Waals surface area contributed by atoms with Crippen LogP contribution in [0.5, 0.6) is 0 Å². The predicted octanol–water partition coefficient (Wildman–Crippen LogP) is 3.11. The molecular weight excluding hydrogens is 327 g/mol. The van der Waals surface area contributed by atoms with Crippen LogP contribution in [0.2, 0.25) is 0 Å².